The Balaban J connectivity index is 2.18. The molecule has 1 rings (SSSR count). The van der Waals surface area contributed by atoms with Crippen LogP contribution in [0.5, 0.6) is 0 Å². The number of unbranched alkanes of at least 4 members (excludes halogenated alkanes) is 32. The molecule has 1 fully saturated rings. The van der Waals surface area contributed by atoms with Crippen molar-refractivity contribution in [1.29, 1.82) is 0 Å². The van der Waals surface area contributed by atoms with E-state index in [1.165, 1.54) is 148 Å². The first-order valence-electron chi connectivity index (χ1n) is 29.3. The highest BCUT2D eigenvalue weighted by molar-refractivity contribution is 5.76. The van der Waals surface area contributed by atoms with E-state index in [0.717, 1.165) is 89.9 Å². The molecule has 11 nitrogen and oxygen atoms in total. The number of esters is 1. The molecule has 0 saturated carbocycles. The predicted molar refractivity (Wildman–Crippen MR) is 287 cm³/mol. The third-order valence-electron chi connectivity index (χ3n) is 13.7. The van der Waals surface area contributed by atoms with Crippen molar-refractivity contribution in [2.45, 2.75) is 307 Å². The molecule has 0 aromatic heterocycles. The monoisotopic (exact) mass is 992 g/mol. The van der Waals surface area contributed by atoms with E-state index >= 15 is 0 Å². The van der Waals surface area contributed by atoms with Crippen LogP contribution in [0.1, 0.15) is 264 Å². The number of hydrogen-bond acceptors (Lipinski definition) is 10. The average molecular weight is 993 g/mol. The van der Waals surface area contributed by atoms with E-state index in [0.29, 0.717) is 19.4 Å². The number of aliphatic hydroxyl groups excluding tert-OH is 5. The molecule has 410 valence electrons. The van der Waals surface area contributed by atoms with Gasteiger partial charge in [-0.25, -0.2) is 0 Å². The molecule has 0 aliphatic carbocycles. The van der Waals surface area contributed by atoms with Crippen LogP contribution in [0.3, 0.4) is 0 Å². The van der Waals surface area contributed by atoms with Crippen LogP contribution in [0.15, 0.2) is 36.5 Å². The lowest BCUT2D eigenvalue weighted by Gasteiger charge is -2.40. The lowest BCUT2D eigenvalue weighted by atomic mass is 9.99. The van der Waals surface area contributed by atoms with Crippen LogP contribution < -0.4 is 5.32 Å². The highest BCUT2D eigenvalue weighted by Crippen LogP contribution is 2.23. The summed E-state index contributed by atoms with van der Waals surface area (Å²) in [7, 11) is 0. The zero-order valence-electron chi connectivity index (χ0n) is 45.0. The van der Waals surface area contributed by atoms with Crippen molar-refractivity contribution in [1.82, 2.24) is 5.32 Å². The van der Waals surface area contributed by atoms with Gasteiger partial charge in [-0.3, -0.25) is 9.59 Å². The van der Waals surface area contributed by atoms with Gasteiger partial charge in [-0.05, 0) is 70.6 Å². The summed E-state index contributed by atoms with van der Waals surface area (Å²) >= 11 is 0. The Bertz CT molecular complexity index is 1260. The molecule has 0 aromatic carbocycles. The van der Waals surface area contributed by atoms with Crippen molar-refractivity contribution in [3.63, 3.8) is 0 Å². The van der Waals surface area contributed by atoms with Gasteiger partial charge in [0.25, 0.3) is 0 Å². The van der Waals surface area contributed by atoms with Crippen molar-refractivity contribution in [3.8, 4) is 0 Å². The molecule has 1 heterocycles. The quantitative estimate of drug-likeness (QED) is 0.0195. The Morgan fingerprint density at radius 2 is 0.929 bits per heavy atom. The first-order valence-corrected chi connectivity index (χ1v) is 29.3. The number of carbonyl (C=O) groups is 2. The fraction of sp³-hybridized carbons (Fsp3) is 0.864. The van der Waals surface area contributed by atoms with Gasteiger partial charge in [0.2, 0.25) is 5.91 Å². The summed E-state index contributed by atoms with van der Waals surface area (Å²) in [5.41, 5.74) is 0. The van der Waals surface area contributed by atoms with Crippen LogP contribution in [0.4, 0.5) is 0 Å². The second-order valence-corrected chi connectivity index (χ2v) is 20.3. The van der Waals surface area contributed by atoms with Crippen molar-refractivity contribution in [2.75, 3.05) is 19.8 Å². The molecule has 1 saturated heterocycles. The molecule has 0 radical (unpaired) electrons. The summed E-state index contributed by atoms with van der Waals surface area (Å²) < 4.78 is 16.7. The number of hydrogen-bond donors (Lipinski definition) is 6. The van der Waals surface area contributed by atoms with Crippen LogP contribution >= 0.6 is 0 Å². The normalized spacial score (nSPS) is 19.4. The maximum atomic E-state index is 13.0. The predicted octanol–water partition coefficient (Wildman–Crippen LogP) is 13.1. The molecule has 0 spiro atoms. The van der Waals surface area contributed by atoms with E-state index in [2.05, 4.69) is 43.5 Å². The third-order valence-corrected chi connectivity index (χ3v) is 13.7. The smallest absolute Gasteiger partial charge is 0.305 e. The maximum Gasteiger partial charge on any atom is 0.305 e. The number of amides is 1. The summed E-state index contributed by atoms with van der Waals surface area (Å²) in [6, 6.07) is -0.840. The van der Waals surface area contributed by atoms with Gasteiger partial charge in [0.05, 0.1) is 32.0 Å². The molecule has 1 aliphatic rings. The van der Waals surface area contributed by atoms with E-state index in [4.69, 9.17) is 14.2 Å². The van der Waals surface area contributed by atoms with Gasteiger partial charge in [0, 0.05) is 12.8 Å². The van der Waals surface area contributed by atoms with Gasteiger partial charge in [-0.2, -0.15) is 0 Å². The van der Waals surface area contributed by atoms with Crippen molar-refractivity contribution < 1.29 is 49.3 Å². The lowest BCUT2D eigenvalue weighted by molar-refractivity contribution is -0.302. The summed E-state index contributed by atoms with van der Waals surface area (Å²) in [6.45, 7) is 4.29. The van der Waals surface area contributed by atoms with E-state index in [9.17, 15) is 35.1 Å². The molecular weight excluding hydrogens is 883 g/mol. The zero-order valence-corrected chi connectivity index (χ0v) is 45.0. The molecule has 1 aliphatic heterocycles. The Labute approximate surface area is 428 Å². The molecule has 0 aromatic rings. The van der Waals surface area contributed by atoms with Gasteiger partial charge < -0.3 is 45.1 Å². The Morgan fingerprint density at radius 1 is 0.514 bits per heavy atom. The fourth-order valence-corrected chi connectivity index (χ4v) is 9.03. The minimum absolute atomic E-state index is 0.0220. The number of nitrogens with one attached hydrogen (secondary N) is 1. The fourth-order valence-electron chi connectivity index (χ4n) is 9.03. The number of ether oxygens (including phenoxy) is 3. The SMILES string of the molecule is CCCCCCCCCCC/C=C/CC/C=C/C(O)C(COC1OC(CO)C(O)C(O)C1O)NC(=O)CCCCCCC/C=C\CCCCCCCCCOC(=O)CCCCCCCCCCCCC. The molecule has 11 heteroatoms. The largest absolute Gasteiger partial charge is 0.466 e. The Morgan fingerprint density at radius 3 is 1.41 bits per heavy atom. The molecular formula is C59H109NO10. The first kappa shape index (κ1) is 65.9. The van der Waals surface area contributed by atoms with Crippen LogP contribution in [-0.4, -0.2) is 100 Å². The molecule has 7 unspecified atom stereocenters. The van der Waals surface area contributed by atoms with Gasteiger partial charge in [0.15, 0.2) is 6.29 Å². The number of carbonyl (C=O) groups excluding carboxylic acids is 2. The van der Waals surface area contributed by atoms with Crippen LogP contribution in [0, 0.1) is 0 Å². The number of allylic oxidation sites excluding steroid dienone is 5. The summed E-state index contributed by atoms with van der Waals surface area (Å²) in [5.74, 6) is -0.230. The molecule has 70 heavy (non-hydrogen) atoms. The van der Waals surface area contributed by atoms with Crippen LogP contribution in [0.25, 0.3) is 0 Å². The average Bonchev–Trinajstić information content (AvgIpc) is 3.36. The molecule has 6 N–H and O–H groups in total. The van der Waals surface area contributed by atoms with Crippen molar-refractivity contribution in [2.24, 2.45) is 0 Å². The van der Waals surface area contributed by atoms with E-state index in [1.807, 2.05) is 6.08 Å². The molecule has 0 bridgehead atoms. The minimum Gasteiger partial charge on any atom is -0.466 e. The van der Waals surface area contributed by atoms with Gasteiger partial charge in [0.1, 0.15) is 24.4 Å². The highest BCUT2D eigenvalue weighted by atomic mass is 16.7. The molecule has 7 atom stereocenters. The maximum absolute atomic E-state index is 13.0. The second kappa shape index (κ2) is 49.1. The van der Waals surface area contributed by atoms with Gasteiger partial charge in [-0.1, -0.05) is 217 Å². The standard InChI is InChI=1S/C59H109NO10/c1-3-5-7-9-11-13-15-16-19-22-26-29-33-37-41-45-52(62)51(50-69-59-58(67)57(66)56(65)53(49-61)70-59)60-54(63)46-42-38-34-30-27-23-20-17-18-21-24-28-32-36-40-44-48-68-55(64)47-43-39-35-31-25-14-12-10-8-6-4-2/h17,20,26,29,41,45,51-53,56-59,61-62,65-67H,3-16,18-19,21-25,27-28,30-40,42-44,46-50H2,1-2H3,(H,60,63)/b20-17-,29-26+,45-41+. The zero-order chi connectivity index (χ0) is 51.0. The highest BCUT2D eigenvalue weighted by Gasteiger charge is 2.44. The van der Waals surface area contributed by atoms with Gasteiger partial charge in [-0.15, -0.1) is 0 Å². The van der Waals surface area contributed by atoms with Crippen LogP contribution in [-0.2, 0) is 23.8 Å². The lowest BCUT2D eigenvalue weighted by Crippen LogP contribution is -2.60. The third kappa shape index (κ3) is 38.5. The molecule has 1 amide bonds. The van der Waals surface area contributed by atoms with E-state index in [-0.39, 0.29) is 18.5 Å². The Kier molecular flexibility index (Phi) is 46.2. The van der Waals surface area contributed by atoms with E-state index in [1.54, 1.807) is 6.08 Å². The van der Waals surface area contributed by atoms with Gasteiger partial charge >= 0.3 is 5.97 Å². The Hall–Kier alpha value is -2.12. The minimum atomic E-state index is -1.58. The summed E-state index contributed by atoms with van der Waals surface area (Å²) in [6.07, 6.45) is 49.4. The summed E-state index contributed by atoms with van der Waals surface area (Å²) in [4.78, 5) is 25.1. The summed E-state index contributed by atoms with van der Waals surface area (Å²) in [5, 5.41) is 54.4. The number of aliphatic hydroxyl groups is 5. The first-order chi connectivity index (χ1) is 34.2. The van der Waals surface area contributed by atoms with Crippen molar-refractivity contribution >= 4 is 11.9 Å². The van der Waals surface area contributed by atoms with Crippen molar-refractivity contribution in [3.05, 3.63) is 36.5 Å². The topological polar surface area (TPSA) is 175 Å². The van der Waals surface area contributed by atoms with Crippen LogP contribution in [0.2, 0.25) is 0 Å². The van der Waals surface area contributed by atoms with E-state index < -0.39 is 49.5 Å². The second-order valence-electron chi connectivity index (χ2n) is 20.3. The number of rotatable bonds is 50.